The number of anilines is 1. The lowest BCUT2D eigenvalue weighted by atomic mass is 10.1. The van der Waals surface area contributed by atoms with Crippen LogP contribution >= 0.6 is 0 Å². The van der Waals surface area contributed by atoms with E-state index < -0.39 is 10.9 Å². The van der Waals surface area contributed by atoms with Gasteiger partial charge in [0.2, 0.25) is 0 Å². The summed E-state index contributed by atoms with van der Waals surface area (Å²) < 4.78 is 15.5. The van der Waals surface area contributed by atoms with Gasteiger partial charge in [0, 0.05) is 25.3 Å². The number of esters is 1. The van der Waals surface area contributed by atoms with Crippen LogP contribution in [0, 0.1) is 17.0 Å². The molecule has 8 heteroatoms. The molecule has 0 aliphatic rings. The molecule has 2 aromatic rings. The van der Waals surface area contributed by atoms with Crippen molar-refractivity contribution < 1.29 is 23.9 Å². The fourth-order valence-electron chi connectivity index (χ4n) is 2.49. The van der Waals surface area contributed by atoms with Gasteiger partial charge in [0.25, 0.3) is 5.69 Å². The van der Waals surface area contributed by atoms with Gasteiger partial charge in [-0.3, -0.25) is 10.1 Å². The molecule has 144 valence electrons. The van der Waals surface area contributed by atoms with E-state index in [0.29, 0.717) is 24.6 Å². The number of methoxy groups -OCH3 is 2. The third kappa shape index (κ3) is 5.42. The lowest BCUT2D eigenvalue weighted by Crippen LogP contribution is -2.11. The topological polar surface area (TPSA) is 99.9 Å². The second kappa shape index (κ2) is 9.54. The number of hydrogen-bond acceptors (Lipinski definition) is 7. The predicted octanol–water partition coefficient (Wildman–Crippen LogP) is 3.33. The standard InChI is InChI=1S/C19H22N2O6/c1-13-4-7-18(26-3)15(10-13)12-27-19(22)14-5-6-16(20-8-9-25-2)17(11-14)21(23)24/h4-7,10-11,20H,8-9,12H2,1-3H3. The van der Waals surface area contributed by atoms with Crippen LogP contribution in [0.25, 0.3) is 0 Å². The number of ether oxygens (including phenoxy) is 3. The molecule has 0 aliphatic heterocycles. The summed E-state index contributed by atoms with van der Waals surface area (Å²) in [6.07, 6.45) is 0. The van der Waals surface area contributed by atoms with Crippen LogP contribution in [0.3, 0.4) is 0 Å². The van der Waals surface area contributed by atoms with Crippen LogP contribution in [0.2, 0.25) is 0 Å². The zero-order valence-electron chi connectivity index (χ0n) is 15.5. The minimum absolute atomic E-state index is 0.00528. The Hall–Kier alpha value is -3.13. The molecule has 8 nitrogen and oxygen atoms in total. The van der Waals surface area contributed by atoms with E-state index in [1.165, 1.54) is 25.3 Å². The normalized spacial score (nSPS) is 10.3. The van der Waals surface area contributed by atoms with Crippen molar-refractivity contribution in [3.05, 3.63) is 63.2 Å². The molecule has 0 saturated heterocycles. The first-order valence-electron chi connectivity index (χ1n) is 8.28. The average Bonchev–Trinajstić information content (AvgIpc) is 2.66. The highest BCUT2D eigenvalue weighted by Gasteiger charge is 2.18. The molecule has 2 aromatic carbocycles. The summed E-state index contributed by atoms with van der Waals surface area (Å²) in [6.45, 7) is 2.74. The smallest absolute Gasteiger partial charge is 0.338 e. The third-order valence-corrected chi connectivity index (χ3v) is 3.85. The summed E-state index contributed by atoms with van der Waals surface area (Å²) in [5.74, 6) is -0.0397. The lowest BCUT2D eigenvalue weighted by molar-refractivity contribution is -0.384. The van der Waals surface area contributed by atoms with Crippen molar-refractivity contribution in [3.8, 4) is 5.75 Å². The van der Waals surface area contributed by atoms with Crippen LogP contribution in [-0.4, -0.2) is 38.3 Å². The molecular weight excluding hydrogens is 352 g/mol. The number of hydrogen-bond donors (Lipinski definition) is 1. The molecule has 0 spiro atoms. The Morgan fingerprint density at radius 3 is 2.63 bits per heavy atom. The highest BCUT2D eigenvalue weighted by molar-refractivity contribution is 5.91. The van der Waals surface area contributed by atoms with Crippen LogP contribution in [0.15, 0.2) is 36.4 Å². The van der Waals surface area contributed by atoms with E-state index in [-0.39, 0.29) is 17.9 Å². The van der Waals surface area contributed by atoms with Crippen LogP contribution in [-0.2, 0) is 16.1 Å². The number of nitrogens with one attached hydrogen (secondary N) is 1. The Balaban J connectivity index is 2.13. The highest BCUT2D eigenvalue weighted by atomic mass is 16.6. The first-order chi connectivity index (χ1) is 13.0. The van der Waals surface area contributed by atoms with Gasteiger partial charge in [0.1, 0.15) is 18.0 Å². The molecule has 0 heterocycles. The first-order valence-corrected chi connectivity index (χ1v) is 8.28. The lowest BCUT2D eigenvalue weighted by Gasteiger charge is -2.11. The van der Waals surface area contributed by atoms with Gasteiger partial charge < -0.3 is 19.5 Å². The number of benzene rings is 2. The number of nitro benzene ring substituents is 1. The van der Waals surface area contributed by atoms with Crippen molar-refractivity contribution in [2.24, 2.45) is 0 Å². The fourth-order valence-corrected chi connectivity index (χ4v) is 2.49. The van der Waals surface area contributed by atoms with Gasteiger partial charge in [0.15, 0.2) is 0 Å². The van der Waals surface area contributed by atoms with Crippen molar-refractivity contribution in [3.63, 3.8) is 0 Å². The van der Waals surface area contributed by atoms with Crippen molar-refractivity contribution in [2.45, 2.75) is 13.5 Å². The highest BCUT2D eigenvalue weighted by Crippen LogP contribution is 2.26. The van der Waals surface area contributed by atoms with E-state index in [4.69, 9.17) is 14.2 Å². The minimum Gasteiger partial charge on any atom is -0.496 e. The molecule has 0 amide bonds. The second-order valence-corrected chi connectivity index (χ2v) is 5.80. The number of carbonyl (C=O) groups is 1. The fraction of sp³-hybridized carbons (Fsp3) is 0.316. The number of nitro groups is 1. The molecule has 0 bridgehead atoms. The van der Waals surface area contributed by atoms with Crippen molar-refractivity contribution in [1.82, 2.24) is 0 Å². The molecule has 0 atom stereocenters. The zero-order valence-corrected chi connectivity index (χ0v) is 15.5. The van der Waals surface area contributed by atoms with Gasteiger partial charge in [-0.25, -0.2) is 4.79 Å². The molecule has 0 aromatic heterocycles. The van der Waals surface area contributed by atoms with E-state index >= 15 is 0 Å². The predicted molar refractivity (Wildman–Crippen MR) is 100 cm³/mol. The largest absolute Gasteiger partial charge is 0.496 e. The number of nitrogens with zero attached hydrogens (tertiary/aromatic N) is 1. The maximum Gasteiger partial charge on any atom is 0.338 e. The summed E-state index contributed by atoms with van der Waals surface area (Å²) in [5.41, 5.74) is 1.94. The molecule has 0 fully saturated rings. The quantitative estimate of drug-likeness (QED) is 0.311. The Morgan fingerprint density at radius 1 is 1.19 bits per heavy atom. The van der Waals surface area contributed by atoms with E-state index in [2.05, 4.69) is 5.32 Å². The number of carbonyl (C=O) groups excluding carboxylic acids is 1. The Morgan fingerprint density at radius 2 is 1.96 bits per heavy atom. The summed E-state index contributed by atoms with van der Waals surface area (Å²) in [6, 6.07) is 9.71. The SMILES string of the molecule is COCCNc1ccc(C(=O)OCc2cc(C)ccc2OC)cc1[N+](=O)[O-]. The molecule has 0 aliphatic carbocycles. The molecule has 0 radical (unpaired) electrons. The van der Waals surface area contributed by atoms with Gasteiger partial charge in [-0.1, -0.05) is 11.6 Å². The first kappa shape index (κ1) is 20.2. The zero-order chi connectivity index (χ0) is 19.8. The van der Waals surface area contributed by atoms with E-state index in [9.17, 15) is 14.9 Å². The van der Waals surface area contributed by atoms with Crippen molar-refractivity contribution in [1.29, 1.82) is 0 Å². The molecule has 2 rings (SSSR count). The minimum atomic E-state index is -0.648. The number of aryl methyl sites for hydroxylation is 1. The van der Waals surface area contributed by atoms with Crippen LogP contribution in [0.4, 0.5) is 11.4 Å². The van der Waals surface area contributed by atoms with Gasteiger partial charge >= 0.3 is 5.97 Å². The number of rotatable bonds is 9. The monoisotopic (exact) mass is 374 g/mol. The summed E-state index contributed by atoms with van der Waals surface area (Å²) in [4.78, 5) is 23.1. The van der Waals surface area contributed by atoms with E-state index in [1.54, 1.807) is 13.2 Å². The van der Waals surface area contributed by atoms with Crippen molar-refractivity contribution >= 4 is 17.3 Å². The Bertz CT molecular complexity index is 822. The van der Waals surface area contributed by atoms with Crippen molar-refractivity contribution in [2.75, 3.05) is 32.7 Å². The molecule has 0 unspecified atom stereocenters. The van der Waals surface area contributed by atoms with Gasteiger partial charge in [0.05, 0.1) is 24.2 Å². The molecule has 0 saturated carbocycles. The maximum atomic E-state index is 12.3. The summed E-state index contributed by atoms with van der Waals surface area (Å²) in [5, 5.41) is 14.2. The summed E-state index contributed by atoms with van der Waals surface area (Å²) >= 11 is 0. The van der Waals surface area contributed by atoms with Crippen LogP contribution in [0.5, 0.6) is 5.75 Å². The Labute approximate surface area is 157 Å². The maximum absolute atomic E-state index is 12.3. The average molecular weight is 374 g/mol. The Kier molecular flexibility index (Phi) is 7.13. The van der Waals surface area contributed by atoms with E-state index in [1.807, 2.05) is 19.1 Å². The van der Waals surface area contributed by atoms with Gasteiger partial charge in [-0.05, 0) is 31.2 Å². The third-order valence-electron chi connectivity index (χ3n) is 3.85. The second-order valence-electron chi connectivity index (χ2n) is 5.80. The summed E-state index contributed by atoms with van der Waals surface area (Å²) in [7, 11) is 3.08. The molecule has 27 heavy (non-hydrogen) atoms. The molecular formula is C19H22N2O6. The van der Waals surface area contributed by atoms with Gasteiger partial charge in [-0.2, -0.15) is 0 Å². The molecule has 1 N–H and O–H groups in total. The van der Waals surface area contributed by atoms with Crippen LogP contribution in [0.1, 0.15) is 21.5 Å². The van der Waals surface area contributed by atoms with Gasteiger partial charge in [-0.15, -0.1) is 0 Å². The van der Waals surface area contributed by atoms with E-state index in [0.717, 1.165) is 11.1 Å². The van der Waals surface area contributed by atoms with Crippen LogP contribution < -0.4 is 10.1 Å².